The molecule has 3 unspecified atom stereocenters. The third-order valence-corrected chi connectivity index (χ3v) is 9.66. The number of hydrogen-bond donors (Lipinski definition) is 0. The topological polar surface area (TPSA) is 104 Å². The number of hydrogen-bond acceptors (Lipinski definition) is 8. The highest BCUT2D eigenvalue weighted by molar-refractivity contribution is 8.49. The summed E-state index contributed by atoms with van der Waals surface area (Å²) in [6, 6.07) is 11.7. The van der Waals surface area contributed by atoms with Crippen LogP contribution in [0.3, 0.4) is 0 Å². The average molecular weight is 669 g/mol. The summed E-state index contributed by atoms with van der Waals surface area (Å²) < 4.78 is 26.3. The van der Waals surface area contributed by atoms with E-state index in [1.165, 1.54) is 13.2 Å². The Hall–Kier alpha value is -3.66. The van der Waals surface area contributed by atoms with Gasteiger partial charge in [-0.1, -0.05) is 71.9 Å². The summed E-state index contributed by atoms with van der Waals surface area (Å²) in [6.07, 6.45) is 7.81. The van der Waals surface area contributed by atoms with E-state index in [-0.39, 0.29) is 11.5 Å². The van der Waals surface area contributed by atoms with Crippen molar-refractivity contribution >= 4 is 27.3 Å². The minimum Gasteiger partial charge on any atom is -0.465 e. The number of aryl methyl sites for hydroxylation is 1. The highest BCUT2D eigenvalue weighted by Gasteiger charge is 2.32. The van der Waals surface area contributed by atoms with Crippen LogP contribution in [0.1, 0.15) is 77.6 Å². The van der Waals surface area contributed by atoms with Gasteiger partial charge < -0.3 is 23.7 Å². The van der Waals surface area contributed by atoms with Gasteiger partial charge >= 0.3 is 17.2 Å². The van der Waals surface area contributed by atoms with Crippen molar-refractivity contribution in [2.24, 2.45) is 0 Å². The van der Waals surface area contributed by atoms with Gasteiger partial charge in [0.15, 0.2) is 0 Å². The Morgan fingerprint density at radius 1 is 0.957 bits per heavy atom. The molecule has 2 aromatic rings. The monoisotopic (exact) mass is 668 g/mol. The number of carbonyl (C=O) groups is 3. The molecule has 2 aromatic carbocycles. The Balaban J connectivity index is 0.000000862. The van der Waals surface area contributed by atoms with Crippen molar-refractivity contribution in [1.29, 1.82) is 0 Å². The van der Waals surface area contributed by atoms with E-state index >= 15 is 0 Å². The van der Waals surface area contributed by atoms with Crippen molar-refractivity contribution < 1.29 is 38.1 Å². The molecule has 0 amide bonds. The van der Waals surface area contributed by atoms with Gasteiger partial charge in [-0.2, -0.15) is 0 Å². The van der Waals surface area contributed by atoms with Crippen molar-refractivity contribution in [1.82, 2.24) is 0 Å². The summed E-state index contributed by atoms with van der Waals surface area (Å²) in [4.78, 5) is 37.0. The first-order valence-electron chi connectivity index (χ1n) is 16.2. The lowest BCUT2D eigenvalue weighted by molar-refractivity contribution is -0.135. The molecule has 2 saturated heterocycles. The molecule has 8 nitrogen and oxygen atoms in total. The summed E-state index contributed by atoms with van der Waals surface area (Å²) in [6.45, 7) is 19.7. The van der Waals surface area contributed by atoms with Crippen LogP contribution in [-0.2, 0) is 35.6 Å². The van der Waals surface area contributed by atoms with E-state index in [0.717, 1.165) is 28.9 Å². The number of rotatable bonds is 8. The molecule has 3 atom stereocenters. The number of epoxide rings is 2. The zero-order valence-corrected chi connectivity index (χ0v) is 30.6. The van der Waals surface area contributed by atoms with Crippen LogP contribution in [0.5, 0.6) is 11.5 Å². The van der Waals surface area contributed by atoms with Gasteiger partial charge in [0, 0.05) is 17.9 Å². The van der Waals surface area contributed by atoms with Crippen molar-refractivity contribution in [2.45, 2.75) is 86.4 Å². The van der Waals surface area contributed by atoms with E-state index < -0.39 is 27.3 Å². The number of methoxy groups -OCH3 is 1. The molecule has 0 aliphatic carbocycles. The van der Waals surface area contributed by atoms with Crippen molar-refractivity contribution in [2.75, 3.05) is 26.6 Å². The molecule has 3 aliphatic heterocycles. The zero-order valence-electron chi connectivity index (χ0n) is 29.8. The summed E-state index contributed by atoms with van der Waals surface area (Å²) in [5.41, 5.74) is 3.81. The molecular weight excluding hydrogens is 616 g/mol. The second-order valence-corrected chi connectivity index (χ2v) is 14.4. The first-order chi connectivity index (χ1) is 22.4. The minimum atomic E-state index is -2.06. The van der Waals surface area contributed by atoms with Crippen LogP contribution in [0.15, 0.2) is 71.0 Å². The fraction of sp³-hybridized carbons (Fsp3) is 0.447. The molecule has 47 heavy (non-hydrogen) atoms. The lowest BCUT2D eigenvalue weighted by Gasteiger charge is -2.28. The Kier molecular flexibility index (Phi) is 15.2. The molecule has 2 fully saturated rings. The Labute approximate surface area is 282 Å². The number of allylic oxidation sites excluding steroid dienone is 1. The van der Waals surface area contributed by atoms with Crippen LogP contribution in [0.25, 0.3) is 0 Å². The van der Waals surface area contributed by atoms with E-state index in [4.69, 9.17) is 23.7 Å². The smallest absolute Gasteiger partial charge is 0.362 e. The van der Waals surface area contributed by atoms with Gasteiger partial charge in [0.05, 0.1) is 38.1 Å². The SMILES string of the molecule is C/C=C/C(=O)Oc1ccc(C(C)(C)c2ccc(OC(=O)S3(C)C=CC(C(=O)OC)=C3)c(C)c2)cc1CC1CO1.CC.CC.CC1CO1. The normalized spacial score (nSPS) is 21.6. The molecule has 258 valence electrons. The van der Waals surface area contributed by atoms with Crippen molar-refractivity contribution in [3.05, 3.63) is 93.3 Å². The second kappa shape index (κ2) is 18.0. The quantitative estimate of drug-likeness (QED) is 0.119. The molecule has 0 aromatic heterocycles. The Bertz CT molecular complexity index is 1480. The van der Waals surface area contributed by atoms with Crippen LogP contribution in [-0.4, -0.2) is 56.0 Å². The van der Waals surface area contributed by atoms with Gasteiger partial charge in [0.2, 0.25) is 0 Å². The lowest BCUT2D eigenvalue weighted by atomic mass is 9.77. The predicted octanol–water partition coefficient (Wildman–Crippen LogP) is 8.72. The number of benzene rings is 2. The van der Waals surface area contributed by atoms with E-state index in [9.17, 15) is 14.4 Å². The van der Waals surface area contributed by atoms with Gasteiger partial charge in [-0.15, -0.1) is 10.0 Å². The maximum atomic E-state index is 13.0. The van der Waals surface area contributed by atoms with Crippen molar-refractivity contribution in [3.8, 4) is 11.5 Å². The molecule has 9 heteroatoms. The van der Waals surface area contributed by atoms with Crippen molar-refractivity contribution in [3.63, 3.8) is 0 Å². The first-order valence-corrected chi connectivity index (χ1v) is 18.3. The van der Waals surface area contributed by atoms with Crippen LogP contribution >= 0.6 is 10.0 Å². The summed E-state index contributed by atoms with van der Waals surface area (Å²) in [5.74, 6) is 0.117. The Morgan fingerprint density at radius 3 is 2.04 bits per heavy atom. The first kappa shape index (κ1) is 39.5. The number of esters is 2. The molecule has 0 saturated carbocycles. The summed E-state index contributed by atoms with van der Waals surface area (Å²) >= 11 is 0. The Morgan fingerprint density at radius 2 is 1.53 bits per heavy atom. The van der Waals surface area contributed by atoms with Gasteiger partial charge in [0.25, 0.3) is 0 Å². The van der Waals surface area contributed by atoms with Gasteiger partial charge in [-0.25, -0.2) is 14.4 Å². The van der Waals surface area contributed by atoms with Gasteiger partial charge in [0.1, 0.15) is 11.5 Å². The number of carbonyl (C=O) groups excluding carboxylic acids is 3. The highest BCUT2D eigenvalue weighted by Crippen LogP contribution is 2.54. The summed E-state index contributed by atoms with van der Waals surface area (Å²) in [5, 5.41) is 2.96. The van der Waals surface area contributed by atoms with Crippen LogP contribution in [0.2, 0.25) is 0 Å². The van der Waals surface area contributed by atoms with E-state index in [2.05, 4.69) is 26.8 Å². The standard InChI is InChI=1S/C31H34O7S.C3H6O.2C2H6/c1-7-8-28(32)37-27-12-10-24(16-22(27)17-25-18-36-25)31(3,4)23-9-11-26(20(2)15-23)38-30(34)39(6)14-13-21(19-39)29(33)35-5;1-3-2-4-3;2*1-2/h7-16,19,25H,17-18H2,1-6H3;3H,2H2,1H3;2*1-2H3/b8-7+;;;. The third-order valence-electron chi connectivity index (χ3n) is 7.42. The van der Waals surface area contributed by atoms with E-state index in [1.807, 2.05) is 65.0 Å². The van der Waals surface area contributed by atoms with Gasteiger partial charge in [-0.05, 0) is 78.3 Å². The zero-order chi connectivity index (χ0) is 35.4. The highest BCUT2D eigenvalue weighted by atomic mass is 32.3. The molecule has 0 N–H and O–H groups in total. The maximum absolute atomic E-state index is 13.0. The maximum Gasteiger partial charge on any atom is 0.362 e. The van der Waals surface area contributed by atoms with Gasteiger partial charge in [-0.3, -0.25) is 0 Å². The van der Waals surface area contributed by atoms with E-state index in [1.54, 1.807) is 36.1 Å². The molecule has 5 rings (SSSR count). The molecule has 3 aliphatic rings. The lowest BCUT2D eigenvalue weighted by Crippen LogP contribution is -2.20. The fourth-order valence-electron chi connectivity index (χ4n) is 4.43. The molecule has 0 spiro atoms. The largest absolute Gasteiger partial charge is 0.465 e. The van der Waals surface area contributed by atoms with E-state index in [0.29, 0.717) is 36.2 Å². The molecular formula is C38H52O8S. The molecule has 3 heterocycles. The minimum absolute atomic E-state index is 0.135. The third kappa shape index (κ3) is 11.2. The van der Waals surface area contributed by atoms with Crippen LogP contribution in [0.4, 0.5) is 4.79 Å². The van der Waals surface area contributed by atoms with Crippen LogP contribution in [0, 0.1) is 6.92 Å². The predicted molar refractivity (Wildman–Crippen MR) is 191 cm³/mol. The second-order valence-electron chi connectivity index (χ2n) is 11.4. The van der Waals surface area contributed by atoms with Crippen LogP contribution < -0.4 is 9.47 Å². The fourth-order valence-corrected chi connectivity index (χ4v) is 6.11. The molecule has 0 radical (unpaired) electrons. The summed E-state index contributed by atoms with van der Waals surface area (Å²) in [7, 11) is -0.755. The molecule has 0 bridgehead atoms. The number of ether oxygens (including phenoxy) is 5. The average Bonchev–Trinajstić information content (AvgIpc) is 4.01.